The Morgan fingerprint density at radius 1 is 1.08 bits per heavy atom. The van der Waals surface area contributed by atoms with Crippen molar-refractivity contribution in [3.05, 3.63) is 0 Å². The summed E-state index contributed by atoms with van der Waals surface area (Å²) in [6, 6.07) is 0. The predicted molar refractivity (Wildman–Crippen MR) is 84.7 cm³/mol. The number of nitrogens with zero attached hydrogens (tertiary/aromatic N) is 1. The number of ether oxygens (including phenoxy) is 2. The minimum atomic E-state index is -1.13. The molecule has 0 heterocycles. The van der Waals surface area contributed by atoms with Gasteiger partial charge in [-0.15, -0.1) is 0 Å². The normalized spacial score (nSPS) is 18.4. The molecular formula is C16H25BaNO6. The molecule has 132 valence electrons. The number of carbonyl (C=O) groups excluding carboxylic acids is 2. The molecule has 0 aliphatic heterocycles. The summed E-state index contributed by atoms with van der Waals surface area (Å²) < 4.78 is 9.82. The van der Waals surface area contributed by atoms with Gasteiger partial charge < -0.3 is 24.5 Å². The monoisotopic (exact) mass is 465 g/mol. The van der Waals surface area contributed by atoms with Gasteiger partial charge in [-0.25, -0.2) is 0 Å². The molecule has 0 amide bonds. The zero-order chi connectivity index (χ0) is 17.5. The Kier molecular flexibility index (Phi) is 11.3. The smallest absolute Gasteiger partial charge is 0.564 e. The van der Waals surface area contributed by atoms with E-state index in [-0.39, 0.29) is 67.8 Å². The van der Waals surface area contributed by atoms with E-state index < -0.39 is 29.7 Å². The quantitative estimate of drug-likeness (QED) is 0.172. The van der Waals surface area contributed by atoms with E-state index in [1.165, 1.54) is 6.92 Å². The zero-order valence-electron chi connectivity index (χ0n) is 14.7. The van der Waals surface area contributed by atoms with Crippen molar-refractivity contribution in [3.63, 3.8) is 0 Å². The minimum Gasteiger partial charge on any atom is -0.564 e. The van der Waals surface area contributed by atoms with Gasteiger partial charge in [0.15, 0.2) is 6.29 Å². The average molecular weight is 465 g/mol. The number of esters is 1. The number of aliphatic imine (C=N–C) groups is 1. The van der Waals surface area contributed by atoms with Crippen LogP contribution in [0, 0.1) is 11.3 Å². The molecule has 0 radical (unpaired) electrons. The fraction of sp³-hybridized carbons (Fsp3) is 0.812. The molecule has 1 aliphatic carbocycles. The van der Waals surface area contributed by atoms with Gasteiger partial charge in [-0.05, 0) is 31.6 Å². The second-order valence-corrected chi connectivity index (χ2v) is 6.47. The van der Waals surface area contributed by atoms with Gasteiger partial charge in [-0.1, -0.05) is 33.1 Å². The Bertz CT molecular complexity index is 446. The summed E-state index contributed by atoms with van der Waals surface area (Å²) in [6.07, 6.45) is 2.32. The zero-order valence-corrected chi connectivity index (χ0v) is 19.1. The molecule has 0 aromatic heterocycles. The van der Waals surface area contributed by atoms with Crippen LogP contribution in [0.1, 0.15) is 59.3 Å². The van der Waals surface area contributed by atoms with Crippen molar-refractivity contribution in [2.24, 2.45) is 16.3 Å². The molecule has 0 aromatic carbocycles. The first-order valence-electron chi connectivity index (χ1n) is 8.02. The predicted octanol–water partition coefficient (Wildman–Crippen LogP) is -0.0258. The summed E-state index contributed by atoms with van der Waals surface area (Å²) >= 11 is 0. The summed E-state index contributed by atoms with van der Waals surface area (Å²) in [5.74, 6) is -1.91. The number of hydrogen-bond acceptors (Lipinski definition) is 7. The van der Waals surface area contributed by atoms with Crippen molar-refractivity contribution in [2.45, 2.75) is 65.6 Å². The van der Waals surface area contributed by atoms with Gasteiger partial charge in [0.1, 0.15) is 6.08 Å². The van der Waals surface area contributed by atoms with Gasteiger partial charge in [-0.3, -0.25) is 9.79 Å². The molecule has 0 spiro atoms. The van der Waals surface area contributed by atoms with Crippen molar-refractivity contribution < 1.29 is 29.3 Å². The summed E-state index contributed by atoms with van der Waals surface area (Å²) in [5.41, 5.74) is -0.534. The first-order chi connectivity index (χ1) is 10.7. The fourth-order valence-corrected chi connectivity index (χ4v) is 2.73. The van der Waals surface area contributed by atoms with Crippen molar-refractivity contribution in [2.75, 3.05) is 6.54 Å². The van der Waals surface area contributed by atoms with Crippen LogP contribution in [0.15, 0.2) is 4.99 Å². The second kappa shape index (κ2) is 11.4. The molecule has 1 unspecified atom stereocenters. The first kappa shape index (κ1) is 23.8. The van der Waals surface area contributed by atoms with Gasteiger partial charge in [0.2, 0.25) is 0 Å². The molecule has 1 rings (SSSR count). The number of aliphatic carboxylic acids is 1. The van der Waals surface area contributed by atoms with E-state index in [1.54, 1.807) is 13.8 Å². The maximum absolute atomic E-state index is 11.7. The van der Waals surface area contributed by atoms with Gasteiger partial charge >= 0.3 is 54.9 Å². The summed E-state index contributed by atoms with van der Waals surface area (Å²) in [7, 11) is 0. The Morgan fingerprint density at radius 3 is 2.17 bits per heavy atom. The number of rotatable bonds is 7. The van der Waals surface area contributed by atoms with E-state index in [4.69, 9.17) is 9.47 Å². The molecule has 7 nitrogen and oxygen atoms in total. The number of carbonyl (C=O) groups is 2. The van der Waals surface area contributed by atoms with Crippen LogP contribution >= 0.6 is 0 Å². The van der Waals surface area contributed by atoms with Crippen LogP contribution in [0.3, 0.4) is 0 Å². The van der Waals surface area contributed by atoms with E-state index in [0.29, 0.717) is 12.8 Å². The minimum absolute atomic E-state index is 0. The Labute approximate surface area is 183 Å². The van der Waals surface area contributed by atoms with Crippen molar-refractivity contribution >= 4 is 66.9 Å². The third-order valence-electron chi connectivity index (χ3n) is 4.00. The first-order valence-corrected chi connectivity index (χ1v) is 8.02. The molecular weight excluding hydrogens is 440 g/mol. The van der Waals surface area contributed by atoms with Gasteiger partial charge in [0.05, 0.1) is 5.92 Å². The summed E-state index contributed by atoms with van der Waals surface area (Å²) in [4.78, 5) is 26.2. The summed E-state index contributed by atoms with van der Waals surface area (Å²) in [6.45, 7) is 4.87. The van der Waals surface area contributed by atoms with E-state index in [0.717, 1.165) is 19.3 Å². The average Bonchev–Trinajstić information content (AvgIpc) is 2.45. The molecule has 1 aliphatic rings. The van der Waals surface area contributed by atoms with Crippen LogP contribution in [0.5, 0.6) is 0 Å². The molecule has 0 N–H and O–H groups in total. The van der Waals surface area contributed by atoms with E-state index in [1.807, 2.05) is 0 Å². The van der Waals surface area contributed by atoms with Crippen LogP contribution in [0.2, 0.25) is 0 Å². The molecule has 0 aromatic rings. The third-order valence-corrected chi connectivity index (χ3v) is 4.00. The number of carboxylic acid groups (broad SMARTS) is 1. The second-order valence-electron chi connectivity index (χ2n) is 6.47. The SMILES string of the molecule is CC(OC(=O)C(C)C)OC([O-])=NCC1(CC(=O)[O-])CCCCC1.[Ba+2]. The number of hydrogen-bond donors (Lipinski definition) is 0. The van der Waals surface area contributed by atoms with Crippen LogP contribution < -0.4 is 10.2 Å². The topological polar surface area (TPSA) is 111 Å². The van der Waals surface area contributed by atoms with Crippen LogP contribution in [0.4, 0.5) is 0 Å². The molecule has 8 heteroatoms. The Morgan fingerprint density at radius 2 is 1.67 bits per heavy atom. The van der Waals surface area contributed by atoms with Crippen molar-refractivity contribution in [3.8, 4) is 0 Å². The van der Waals surface area contributed by atoms with E-state index in [9.17, 15) is 19.8 Å². The van der Waals surface area contributed by atoms with Crippen molar-refractivity contribution in [1.29, 1.82) is 0 Å². The maximum atomic E-state index is 11.7. The standard InChI is InChI=1S/C16H27NO6.Ba/c1-11(2)14(20)22-12(3)23-15(21)17-10-16(9-13(18)19)7-5-4-6-8-16;/h11-12H,4-10H2,1-3H3,(H,17,21)(H,18,19);/q;+2/p-2. The van der Waals surface area contributed by atoms with Crippen LogP contribution in [-0.4, -0.2) is 79.7 Å². The van der Waals surface area contributed by atoms with Crippen LogP contribution in [0.25, 0.3) is 0 Å². The van der Waals surface area contributed by atoms with Gasteiger partial charge in [0, 0.05) is 12.5 Å². The molecule has 1 saturated carbocycles. The number of carboxylic acids is 1. The van der Waals surface area contributed by atoms with Gasteiger partial charge in [-0.2, -0.15) is 0 Å². The van der Waals surface area contributed by atoms with E-state index >= 15 is 0 Å². The van der Waals surface area contributed by atoms with Crippen molar-refractivity contribution in [1.82, 2.24) is 0 Å². The fourth-order valence-electron chi connectivity index (χ4n) is 2.73. The molecule has 1 atom stereocenters. The van der Waals surface area contributed by atoms with E-state index in [2.05, 4.69) is 4.99 Å². The van der Waals surface area contributed by atoms with Gasteiger partial charge in [0.25, 0.3) is 0 Å². The molecule has 0 saturated heterocycles. The Hall–Kier alpha value is -0.219. The maximum Gasteiger partial charge on any atom is 2.00 e. The Balaban J connectivity index is 0.00000529. The molecule has 24 heavy (non-hydrogen) atoms. The largest absolute Gasteiger partial charge is 2.00 e. The molecule has 1 fully saturated rings. The molecule has 0 bridgehead atoms. The van der Waals surface area contributed by atoms with Crippen LogP contribution in [-0.2, 0) is 19.1 Å². The summed E-state index contributed by atoms with van der Waals surface area (Å²) in [5, 5.41) is 22.7. The third kappa shape index (κ3) is 8.75.